The number of aromatic nitrogens is 2. The summed E-state index contributed by atoms with van der Waals surface area (Å²) in [7, 11) is 0. The van der Waals surface area contributed by atoms with E-state index in [4.69, 9.17) is 0 Å². The molecule has 1 heterocycles. The number of nitrogens with zero attached hydrogens (tertiary/aromatic N) is 2. The van der Waals surface area contributed by atoms with Crippen molar-refractivity contribution >= 4 is 11.9 Å². The SMILES string of the molecule is O=C(NC1CCCCCCC1C(=O)O)c1ccc(=O)n(-c2ccccc2F)n1. The zero-order valence-corrected chi connectivity index (χ0v) is 15.3. The topological polar surface area (TPSA) is 101 Å². The number of carbonyl (C=O) groups is 2. The zero-order chi connectivity index (χ0) is 20.1. The van der Waals surface area contributed by atoms with Gasteiger partial charge in [0, 0.05) is 12.1 Å². The first-order valence-corrected chi connectivity index (χ1v) is 9.36. The van der Waals surface area contributed by atoms with Gasteiger partial charge in [0.2, 0.25) is 0 Å². The molecule has 1 saturated carbocycles. The van der Waals surface area contributed by atoms with Crippen LogP contribution >= 0.6 is 0 Å². The average Bonchev–Trinajstić information content (AvgIpc) is 2.64. The Hall–Kier alpha value is -3.03. The second kappa shape index (κ2) is 8.77. The Morgan fingerprint density at radius 1 is 1.07 bits per heavy atom. The number of para-hydroxylation sites is 1. The van der Waals surface area contributed by atoms with Crippen LogP contribution < -0.4 is 10.9 Å². The highest BCUT2D eigenvalue weighted by atomic mass is 19.1. The number of amides is 1. The molecule has 0 spiro atoms. The van der Waals surface area contributed by atoms with Crippen molar-refractivity contribution in [2.24, 2.45) is 5.92 Å². The van der Waals surface area contributed by atoms with E-state index in [0.29, 0.717) is 12.8 Å². The molecule has 1 aliphatic rings. The van der Waals surface area contributed by atoms with Crippen molar-refractivity contribution in [3.63, 3.8) is 0 Å². The first-order chi connectivity index (χ1) is 13.5. The minimum atomic E-state index is -0.934. The van der Waals surface area contributed by atoms with Crippen molar-refractivity contribution in [3.05, 3.63) is 58.3 Å². The maximum absolute atomic E-state index is 14.0. The molecular weight excluding hydrogens is 365 g/mol. The van der Waals surface area contributed by atoms with E-state index in [2.05, 4.69) is 10.4 Å². The van der Waals surface area contributed by atoms with Gasteiger partial charge in [0.15, 0.2) is 0 Å². The smallest absolute Gasteiger partial charge is 0.308 e. The first-order valence-electron chi connectivity index (χ1n) is 9.36. The van der Waals surface area contributed by atoms with E-state index in [9.17, 15) is 23.9 Å². The predicted octanol–water partition coefficient (Wildman–Crippen LogP) is 2.53. The number of rotatable bonds is 4. The molecule has 2 unspecified atom stereocenters. The third-order valence-electron chi connectivity index (χ3n) is 5.01. The van der Waals surface area contributed by atoms with Crippen LogP contribution in [0.2, 0.25) is 0 Å². The molecule has 2 N–H and O–H groups in total. The molecule has 1 aromatic heterocycles. The lowest BCUT2D eigenvalue weighted by atomic mass is 9.86. The van der Waals surface area contributed by atoms with E-state index in [0.717, 1.165) is 36.4 Å². The molecule has 0 aliphatic heterocycles. The van der Waals surface area contributed by atoms with Gasteiger partial charge in [-0.05, 0) is 31.0 Å². The van der Waals surface area contributed by atoms with Gasteiger partial charge < -0.3 is 10.4 Å². The summed E-state index contributed by atoms with van der Waals surface area (Å²) in [5.41, 5.74) is -0.707. The molecule has 28 heavy (non-hydrogen) atoms. The van der Waals surface area contributed by atoms with E-state index >= 15 is 0 Å². The standard InChI is InChI=1S/C20H22FN3O4/c21-14-8-5-6-10-17(14)24-18(25)12-11-16(23-24)19(26)22-15-9-4-2-1-3-7-13(15)20(27)28/h5-6,8,10-13,15H,1-4,7,9H2,(H,22,26)(H,27,28). The van der Waals surface area contributed by atoms with E-state index < -0.39 is 35.2 Å². The van der Waals surface area contributed by atoms with Crippen molar-refractivity contribution in [2.45, 2.75) is 44.6 Å². The Labute approximate surface area is 161 Å². The lowest BCUT2D eigenvalue weighted by Crippen LogP contribution is -2.44. The maximum Gasteiger partial charge on any atom is 0.308 e. The van der Waals surface area contributed by atoms with Crippen LogP contribution in [0, 0.1) is 11.7 Å². The predicted molar refractivity (Wildman–Crippen MR) is 99.9 cm³/mol. The van der Waals surface area contributed by atoms with Crippen LogP contribution in [0.15, 0.2) is 41.2 Å². The third kappa shape index (κ3) is 4.44. The number of carboxylic acid groups (broad SMARTS) is 1. The molecule has 1 fully saturated rings. The van der Waals surface area contributed by atoms with Crippen molar-refractivity contribution in [1.82, 2.24) is 15.1 Å². The van der Waals surface area contributed by atoms with Gasteiger partial charge >= 0.3 is 5.97 Å². The molecule has 2 atom stereocenters. The van der Waals surface area contributed by atoms with Crippen LogP contribution in [0.3, 0.4) is 0 Å². The average molecular weight is 387 g/mol. The molecule has 7 nitrogen and oxygen atoms in total. The molecule has 0 saturated heterocycles. The second-order valence-electron chi connectivity index (χ2n) is 6.94. The Bertz CT molecular complexity index is 928. The Balaban J connectivity index is 1.86. The molecule has 0 radical (unpaired) electrons. The normalized spacial score (nSPS) is 20.0. The summed E-state index contributed by atoms with van der Waals surface area (Å²) in [6.07, 6.45) is 4.68. The molecule has 1 amide bonds. The third-order valence-corrected chi connectivity index (χ3v) is 5.01. The Morgan fingerprint density at radius 2 is 1.79 bits per heavy atom. The van der Waals surface area contributed by atoms with Gasteiger partial charge in [0.1, 0.15) is 17.2 Å². The van der Waals surface area contributed by atoms with Crippen LogP contribution in [0.4, 0.5) is 4.39 Å². The highest BCUT2D eigenvalue weighted by Crippen LogP contribution is 2.23. The van der Waals surface area contributed by atoms with E-state index in [1.54, 1.807) is 6.07 Å². The minimum absolute atomic E-state index is 0.0588. The summed E-state index contributed by atoms with van der Waals surface area (Å²) >= 11 is 0. The molecule has 1 aliphatic carbocycles. The summed E-state index contributed by atoms with van der Waals surface area (Å²) in [5.74, 6) is -2.82. The Kier molecular flexibility index (Phi) is 6.18. The largest absolute Gasteiger partial charge is 0.481 e. The molecule has 1 aromatic carbocycles. The quantitative estimate of drug-likeness (QED) is 0.839. The molecule has 8 heteroatoms. The number of aliphatic carboxylic acids is 1. The zero-order valence-electron chi connectivity index (χ0n) is 15.3. The minimum Gasteiger partial charge on any atom is -0.481 e. The number of hydrogen-bond donors (Lipinski definition) is 2. The van der Waals surface area contributed by atoms with E-state index in [1.807, 2.05) is 0 Å². The van der Waals surface area contributed by atoms with Gasteiger partial charge in [-0.3, -0.25) is 14.4 Å². The van der Waals surface area contributed by atoms with Gasteiger partial charge in [-0.25, -0.2) is 4.39 Å². The summed E-state index contributed by atoms with van der Waals surface area (Å²) in [6.45, 7) is 0. The Morgan fingerprint density at radius 3 is 2.50 bits per heavy atom. The van der Waals surface area contributed by atoms with Crippen molar-refractivity contribution in [3.8, 4) is 5.69 Å². The van der Waals surface area contributed by atoms with Gasteiger partial charge in [-0.1, -0.05) is 37.8 Å². The maximum atomic E-state index is 14.0. The highest BCUT2D eigenvalue weighted by Gasteiger charge is 2.30. The van der Waals surface area contributed by atoms with Crippen LogP contribution in [0.1, 0.15) is 49.0 Å². The van der Waals surface area contributed by atoms with Crippen LogP contribution in [-0.2, 0) is 4.79 Å². The summed E-state index contributed by atoms with van der Waals surface area (Å²) in [4.78, 5) is 36.4. The van der Waals surface area contributed by atoms with Crippen molar-refractivity contribution < 1.29 is 19.1 Å². The number of benzene rings is 1. The molecule has 2 aromatic rings. The first kappa shape index (κ1) is 19.7. The fourth-order valence-corrected chi connectivity index (χ4v) is 3.52. The molecule has 148 valence electrons. The fourth-order valence-electron chi connectivity index (χ4n) is 3.52. The number of nitrogens with one attached hydrogen (secondary N) is 1. The van der Waals surface area contributed by atoms with Gasteiger partial charge in [-0.2, -0.15) is 9.78 Å². The van der Waals surface area contributed by atoms with Crippen LogP contribution in [0.5, 0.6) is 0 Å². The van der Waals surface area contributed by atoms with Crippen LogP contribution in [-0.4, -0.2) is 32.8 Å². The molecule has 3 rings (SSSR count). The lowest BCUT2D eigenvalue weighted by molar-refractivity contribution is -0.143. The van der Waals surface area contributed by atoms with E-state index in [1.165, 1.54) is 24.3 Å². The van der Waals surface area contributed by atoms with E-state index in [-0.39, 0.29) is 11.4 Å². The lowest BCUT2D eigenvalue weighted by Gasteiger charge is -2.27. The van der Waals surface area contributed by atoms with Gasteiger partial charge in [0.25, 0.3) is 11.5 Å². The number of carboxylic acids is 1. The number of carbonyl (C=O) groups excluding carboxylic acids is 1. The second-order valence-corrected chi connectivity index (χ2v) is 6.94. The van der Waals surface area contributed by atoms with Gasteiger partial charge in [0.05, 0.1) is 5.92 Å². The van der Waals surface area contributed by atoms with Crippen LogP contribution in [0.25, 0.3) is 5.69 Å². The fraction of sp³-hybridized carbons (Fsp3) is 0.400. The number of halogens is 1. The monoisotopic (exact) mass is 387 g/mol. The summed E-state index contributed by atoms with van der Waals surface area (Å²) in [5, 5.41) is 16.3. The highest BCUT2D eigenvalue weighted by molar-refractivity contribution is 5.92. The molecular formula is C20H22FN3O4. The van der Waals surface area contributed by atoms with Gasteiger partial charge in [-0.15, -0.1) is 0 Å². The molecule has 0 bridgehead atoms. The number of hydrogen-bond acceptors (Lipinski definition) is 4. The summed E-state index contributed by atoms with van der Waals surface area (Å²) in [6, 6.07) is 7.52. The van der Waals surface area contributed by atoms with Crippen molar-refractivity contribution in [1.29, 1.82) is 0 Å². The summed E-state index contributed by atoms with van der Waals surface area (Å²) < 4.78 is 14.8. The van der Waals surface area contributed by atoms with Crippen molar-refractivity contribution in [2.75, 3.05) is 0 Å².